The maximum Gasteiger partial charge on any atom is 0.276 e. The highest BCUT2D eigenvalue weighted by Crippen LogP contribution is 2.28. The molecular weight excluding hydrogens is 358 g/mol. The van der Waals surface area contributed by atoms with Gasteiger partial charge in [-0.25, -0.2) is 0 Å². The maximum atomic E-state index is 13.3. The van der Waals surface area contributed by atoms with E-state index in [9.17, 15) is 4.79 Å². The Labute approximate surface area is 165 Å². The molecule has 1 amide bonds. The Kier molecular flexibility index (Phi) is 6.12. The van der Waals surface area contributed by atoms with Crippen molar-refractivity contribution >= 4 is 5.91 Å². The summed E-state index contributed by atoms with van der Waals surface area (Å²) in [6.45, 7) is 7.78. The van der Waals surface area contributed by atoms with Crippen LogP contribution in [0.4, 0.5) is 0 Å². The van der Waals surface area contributed by atoms with Crippen LogP contribution in [0, 0.1) is 5.92 Å². The van der Waals surface area contributed by atoms with Gasteiger partial charge in [0.25, 0.3) is 5.91 Å². The summed E-state index contributed by atoms with van der Waals surface area (Å²) >= 11 is 0. The summed E-state index contributed by atoms with van der Waals surface area (Å²) in [4.78, 5) is 17.6. The predicted octanol–water partition coefficient (Wildman–Crippen LogP) is 2.76. The summed E-state index contributed by atoms with van der Waals surface area (Å²) in [7, 11) is 0. The quantitative estimate of drug-likeness (QED) is 0.727. The van der Waals surface area contributed by atoms with Crippen LogP contribution in [0.3, 0.4) is 0 Å². The zero-order chi connectivity index (χ0) is 19.3. The van der Waals surface area contributed by atoms with Gasteiger partial charge in [-0.2, -0.15) is 0 Å². The second-order valence-electron chi connectivity index (χ2n) is 7.89. The SMILES string of the molecule is C[C@@H]1CCc2onc(C(=O)N(CCCN3CCOCC3)Cc3ccco3)c2C1. The molecule has 0 spiro atoms. The lowest BCUT2D eigenvalue weighted by atomic mass is 9.88. The third-order valence-corrected chi connectivity index (χ3v) is 5.71. The van der Waals surface area contributed by atoms with Crippen molar-refractivity contribution in [2.24, 2.45) is 5.92 Å². The molecular formula is C21H29N3O4. The number of aromatic nitrogens is 1. The molecule has 7 heteroatoms. The summed E-state index contributed by atoms with van der Waals surface area (Å²) in [6, 6.07) is 3.76. The molecule has 0 radical (unpaired) electrons. The molecule has 0 unspecified atom stereocenters. The number of ether oxygens (including phenoxy) is 1. The molecule has 1 aliphatic carbocycles. The molecule has 0 N–H and O–H groups in total. The Morgan fingerprint density at radius 1 is 1.36 bits per heavy atom. The maximum absolute atomic E-state index is 13.3. The van der Waals surface area contributed by atoms with Crippen molar-refractivity contribution < 1.29 is 18.5 Å². The highest BCUT2D eigenvalue weighted by molar-refractivity contribution is 5.93. The van der Waals surface area contributed by atoms with Crippen molar-refractivity contribution in [3.05, 3.63) is 41.2 Å². The summed E-state index contributed by atoms with van der Waals surface area (Å²) in [5, 5.41) is 4.16. The number of carbonyl (C=O) groups is 1. The number of nitrogens with zero attached hydrogens (tertiary/aromatic N) is 3. The van der Waals surface area contributed by atoms with Crippen LogP contribution in [0.15, 0.2) is 27.3 Å². The lowest BCUT2D eigenvalue weighted by Gasteiger charge is -2.28. The minimum atomic E-state index is -0.0579. The number of rotatable bonds is 7. The van der Waals surface area contributed by atoms with Crippen molar-refractivity contribution in [1.82, 2.24) is 15.0 Å². The van der Waals surface area contributed by atoms with Gasteiger partial charge in [0.2, 0.25) is 0 Å². The molecule has 7 nitrogen and oxygen atoms in total. The number of amides is 1. The van der Waals surface area contributed by atoms with Gasteiger partial charge in [-0.15, -0.1) is 0 Å². The van der Waals surface area contributed by atoms with Gasteiger partial charge in [-0.3, -0.25) is 9.69 Å². The van der Waals surface area contributed by atoms with Gasteiger partial charge >= 0.3 is 0 Å². The smallest absolute Gasteiger partial charge is 0.276 e. The molecule has 1 saturated heterocycles. The van der Waals surface area contributed by atoms with E-state index < -0.39 is 0 Å². The van der Waals surface area contributed by atoms with Crippen LogP contribution in [-0.2, 0) is 24.1 Å². The zero-order valence-corrected chi connectivity index (χ0v) is 16.6. The van der Waals surface area contributed by atoms with E-state index in [0.29, 0.717) is 24.7 Å². The van der Waals surface area contributed by atoms with E-state index in [-0.39, 0.29) is 5.91 Å². The molecule has 0 aromatic carbocycles. The van der Waals surface area contributed by atoms with Crippen molar-refractivity contribution in [3.8, 4) is 0 Å². The topological polar surface area (TPSA) is 72.0 Å². The molecule has 152 valence electrons. The fourth-order valence-electron chi connectivity index (χ4n) is 4.05. The lowest BCUT2D eigenvalue weighted by molar-refractivity contribution is 0.0354. The van der Waals surface area contributed by atoms with E-state index in [1.165, 1.54) is 0 Å². The molecule has 3 heterocycles. The van der Waals surface area contributed by atoms with E-state index in [1.807, 2.05) is 17.0 Å². The Hall–Kier alpha value is -2.12. The Bertz CT molecular complexity index is 765. The summed E-state index contributed by atoms with van der Waals surface area (Å²) < 4.78 is 16.4. The Morgan fingerprint density at radius 3 is 3.00 bits per heavy atom. The second-order valence-corrected chi connectivity index (χ2v) is 7.89. The average molecular weight is 387 g/mol. The van der Waals surface area contributed by atoms with Crippen molar-refractivity contribution in [2.45, 2.75) is 39.2 Å². The number of hydrogen-bond donors (Lipinski definition) is 0. The minimum Gasteiger partial charge on any atom is -0.467 e. The van der Waals surface area contributed by atoms with E-state index in [2.05, 4.69) is 17.0 Å². The lowest BCUT2D eigenvalue weighted by Crippen LogP contribution is -2.39. The van der Waals surface area contributed by atoms with Crippen LogP contribution >= 0.6 is 0 Å². The summed E-state index contributed by atoms with van der Waals surface area (Å²) in [6.07, 6.45) is 5.37. The van der Waals surface area contributed by atoms with Crippen molar-refractivity contribution in [3.63, 3.8) is 0 Å². The fraction of sp³-hybridized carbons (Fsp3) is 0.619. The first-order chi connectivity index (χ1) is 13.7. The molecule has 2 aliphatic rings. The number of furan rings is 1. The molecule has 1 atom stereocenters. The summed E-state index contributed by atoms with van der Waals surface area (Å²) in [5.74, 6) is 2.16. The van der Waals surface area contributed by atoms with Crippen molar-refractivity contribution in [2.75, 3.05) is 39.4 Å². The normalized spacial score (nSPS) is 20.1. The molecule has 4 rings (SSSR count). The van der Waals surface area contributed by atoms with Gasteiger partial charge in [0.15, 0.2) is 5.69 Å². The van der Waals surface area contributed by atoms with Crippen molar-refractivity contribution in [1.29, 1.82) is 0 Å². The molecule has 0 bridgehead atoms. The van der Waals surface area contributed by atoms with Gasteiger partial charge in [-0.1, -0.05) is 12.1 Å². The number of hydrogen-bond acceptors (Lipinski definition) is 6. The molecule has 2 aromatic rings. The Morgan fingerprint density at radius 2 is 2.21 bits per heavy atom. The van der Waals surface area contributed by atoms with Gasteiger partial charge in [0, 0.05) is 38.2 Å². The van der Waals surface area contributed by atoms with E-state index in [4.69, 9.17) is 13.7 Å². The highest BCUT2D eigenvalue weighted by atomic mass is 16.5. The monoisotopic (exact) mass is 387 g/mol. The van der Waals surface area contributed by atoms with Crippen LogP contribution in [-0.4, -0.2) is 60.3 Å². The predicted molar refractivity (Wildman–Crippen MR) is 103 cm³/mol. The first kappa shape index (κ1) is 19.2. The third-order valence-electron chi connectivity index (χ3n) is 5.71. The van der Waals surface area contributed by atoms with Crippen LogP contribution in [0.2, 0.25) is 0 Å². The number of fused-ring (bicyclic) bond motifs is 1. The standard InChI is InChI=1S/C21H29N3O4/c1-16-5-6-19-18(14-16)20(22-28-19)21(25)24(15-17-4-2-11-27-17)8-3-7-23-9-12-26-13-10-23/h2,4,11,16H,3,5-10,12-15H2,1H3/t16-/m1/s1. The van der Waals surface area contributed by atoms with Gasteiger partial charge in [-0.05, 0) is 37.3 Å². The fourth-order valence-corrected chi connectivity index (χ4v) is 4.05. The molecule has 28 heavy (non-hydrogen) atoms. The van der Waals surface area contributed by atoms with E-state index >= 15 is 0 Å². The second kappa shape index (κ2) is 8.92. The van der Waals surface area contributed by atoms with Crippen LogP contribution in [0.5, 0.6) is 0 Å². The van der Waals surface area contributed by atoms with E-state index in [0.717, 1.165) is 75.6 Å². The molecule has 0 saturated carbocycles. The third kappa shape index (κ3) is 4.47. The molecule has 1 aliphatic heterocycles. The van der Waals surface area contributed by atoms with Gasteiger partial charge in [0.1, 0.15) is 11.5 Å². The van der Waals surface area contributed by atoms with Crippen LogP contribution in [0.25, 0.3) is 0 Å². The van der Waals surface area contributed by atoms with E-state index in [1.54, 1.807) is 6.26 Å². The molecule has 1 fully saturated rings. The van der Waals surface area contributed by atoms with Crippen LogP contribution < -0.4 is 0 Å². The number of carbonyl (C=O) groups excluding carboxylic acids is 1. The van der Waals surface area contributed by atoms with Gasteiger partial charge in [0.05, 0.1) is 26.0 Å². The summed E-state index contributed by atoms with van der Waals surface area (Å²) in [5.41, 5.74) is 1.49. The first-order valence-corrected chi connectivity index (χ1v) is 10.3. The average Bonchev–Trinajstić information content (AvgIpc) is 3.37. The largest absolute Gasteiger partial charge is 0.467 e. The van der Waals surface area contributed by atoms with Crippen LogP contribution in [0.1, 0.15) is 47.3 Å². The van der Waals surface area contributed by atoms with Gasteiger partial charge < -0.3 is 18.6 Å². The zero-order valence-electron chi connectivity index (χ0n) is 16.6. The highest BCUT2D eigenvalue weighted by Gasteiger charge is 2.30. The Balaban J connectivity index is 1.45. The number of morpholine rings is 1. The number of aryl methyl sites for hydroxylation is 1. The minimum absolute atomic E-state index is 0.0579. The molecule has 2 aromatic heterocycles. The first-order valence-electron chi connectivity index (χ1n) is 10.3.